The first-order valence-corrected chi connectivity index (χ1v) is 8.17. The van der Waals surface area contributed by atoms with E-state index in [0.717, 1.165) is 5.56 Å². The summed E-state index contributed by atoms with van der Waals surface area (Å²) in [6.07, 6.45) is 3.03. The van der Waals surface area contributed by atoms with Crippen LogP contribution in [0.3, 0.4) is 0 Å². The first kappa shape index (κ1) is 17.2. The van der Waals surface area contributed by atoms with Crippen LogP contribution in [0.1, 0.15) is 11.5 Å². The molecule has 1 amide bonds. The number of carbonyl (C=O) groups excluding carboxylic acids is 1. The second-order valence-electron chi connectivity index (χ2n) is 5.06. The Labute approximate surface area is 154 Å². The Kier molecular flexibility index (Phi) is 5.48. The number of hydrogen-bond acceptors (Lipinski definition) is 4. The molecule has 3 rings (SSSR count). The van der Waals surface area contributed by atoms with Crippen LogP contribution < -0.4 is 5.32 Å². The number of carbonyl (C=O) groups is 1. The summed E-state index contributed by atoms with van der Waals surface area (Å²) in [6, 6.07) is 14.4. The molecule has 25 heavy (non-hydrogen) atoms. The molecule has 0 aliphatic rings. The highest BCUT2D eigenvalue weighted by atomic mass is 35.5. The lowest BCUT2D eigenvalue weighted by atomic mass is 10.2. The van der Waals surface area contributed by atoms with Gasteiger partial charge in [-0.3, -0.25) is 4.79 Å². The SMILES string of the molecule is O=C(C=Cc1ccccc1Cl)NCc1nc(-c2ccccc2Cl)no1. The van der Waals surface area contributed by atoms with Gasteiger partial charge in [-0.05, 0) is 29.8 Å². The van der Waals surface area contributed by atoms with Gasteiger partial charge < -0.3 is 9.84 Å². The zero-order valence-electron chi connectivity index (χ0n) is 12.9. The van der Waals surface area contributed by atoms with E-state index in [4.69, 9.17) is 27.7 Å². The number of halogens is 2. The van der Waals surface area contributed by atoms with Crippen molar-refractivity contribution in [3.63, 3.8) is 0 Å². The fourth-order valence-electron chi connectivity index (χ4n) is 2.08. The van der Waals surface area contributed by atoms with Crippen molar-refractivity contribution in [2.75, 3.05) is 0 Å². The molecule has 0 aliphatic heterocycles. The zero-order valence-corrected chi connectivity index (χ0v) is 14.5. The van der Waals surface area contributed by atoms with Crippen LogP contribution in [0.2, 0.25) is 10.0 Å². The van der Waals surface area contributed by atoms with E-state index in [-0.39, 0.29) is 18.3 Å². The number of aromatic nitrogens is 2. The Hall–Kier alpha value is -2.63. The molecule has 0 atom stereocenters. The Morgan fingerprint density at radius 3 is 2.56 bits per heavy atom. The molecule has 0 saturated carbocycles. The fraction of sp³-hybridized carbons (Fsp3) is 0.0556. The molecule has 0 saturated heterocycles. The number of amides is 1. The lowest BCUT2D eigenvalue weighted by Gasteiger charge is -1.98. The third kappa shape index (κ3) is 4.47. The minimum atomic E-state index is -0.294. The minimum absolute atomic E-state index is 0.114. The average Bonchev–Trinajstić information content (AvgIpc) is 3.08. The van der Waals surface area contributed by atoms with Gasteiger partial charge in [-0.1, -0.05) is 58.7 Å². The van der Waals surface area contributed by atoms with Gasteiger partial charge in [-0.25, -0.2) is 0 Å². The summed E-state index contributed by atoms with van der Waals surface area (Å²) in [6.45, 7) is 0.114. The molecule has 0 bridgehead atoms. The summed E-state index contributed by atoms with van der Waals surface area (Å²) in [4.78, 5) is 16.1. The number of benzene rings is 2. The summed E-state index contributed by atoms with van der Waals surface area (Å²) in [5.74, 6) is 0.369. The monoisotopic (exact) mass is 373 g/mol. The van der Waals surface area contributed by atoms with Crippen molar-refractivity contribution in [3.8, 4) is 11.4 Å². The Morgan fingerprint density at radius 2 is 1.80 bits per heavy atom. The van der Waals surface area contributed by atoms with Crippen LogP contribution >= 0.6 is 23.2 Å². The van der Waals surface area contributed by atoms with Crippen LogP contribution in [0, 0.1) is 0 Å². The van der Waals surface area contributed by atoms with Crippen molar-refractivity contribution in [2.45, 2.75) is 6.54 Å². The van der Waals surface area contributed by atoms with Gasteiger partial charge in [0.1, 0.15) is 0 Å². The molecule has 1 heterocycles. The van der Waals surface area contributed by atoms with E-state index in [1.807, 2.05) is 30.3 Å². The maximum Gasteiger partial charge on any atom is 0.246 e. The first-order chi connectivity index (χ1) is 12.1. The highest BCUT2D eigenvalue weighted by Crippen LogP contribution is 2.24. The van der Waals surface area contributed by atoms with Gasteiger partial charge in [0.15, 0.2) is 0 Å². The second-order valence-corrected chi connectivity index (χ2v) is 5.88. The Morgan fingerprint density at radius 1 is 1.08 bits per heavy atom. The third-order valence-corrected chi connectivity index (χ3v) is 3.99. The largest absolute Gasteiger partial charge is 0.343 e. The van der Waals surface area contributed by atoms with Gasteiger partial charge in [0.2, 0.25) is 17.6 Å². The highest BCUT2D eigenvalue weighted by Gasteiger charge is 2.11. The van der Waals surface area contributed by atoms with Gasteiger partial charge in [0, 0.05) is 16.7 Å². The van der Waals surface area contributed by atoms with Gasteiger partial charge in [0.05, 0.1) is 11.6 Å². The Balaban J connectivity index is 1.60. The highest BCUT2D eigenvalue weighted by molar-refractivity contribution is 6.33. The standard InChI is InChI=1S/C18H13Cl2N3O2/c19-14-7-3-1-5-12(14)9-10-16(24)21-11-17-22-18(23-25-17)13-6-2-4-8-15(13)20/h1-10H,11H2,(H,21,24). The lowest BCUT2D eigenvalue weighted by molar-refractivity contribution is -0.116. The summed E-state index contributed by atoms with van der Waals surface area (Å²) in [5.41, 5.74) is 1.43. The van der Waals surface area contributed by atoms with E-state index in [2.05, 4.69) is 15.5 Å². The van der Waals surface area contributed by atoms with Crippen molar-refractivity contribution in [2.24, 2.45) is 0 Å². The molecule has 3 aromatic rings. The zero-order chi connectivity index (χ0) is 17.6. The van der Waals surface area contributed by atoms with Crippen LogP contribution in [0.4, 0.5) is 0 Å². The molecule has 0 unspecified atom stereocenters. The van der Waals surface area contributed by atoms with Gasteiger partial charge in [-0.15, -0.1) is 0 Å². The molecule has 0 spiro atoms. The molecule has 0 fully saturated rings. The molecule has 1 aromatic heterocycles. The molecule has 126 valence electrons. The van der Waals surface area contributed by atoms with Crippen molar-refractivity contribution in [1.82, 2.24) is 15.5 Å². The van der Waals surface area contributed by atoms with Crippen molar-refractivity contribution in [1.29, 1.82) is 0 Å². The van der Waals surface area contributed by atoms with Crippen molar-refractivity contribution >= 4 is 35.2 Å². The number of nitrogens with zero attached hydrogens (tertiary/aromatic N) is 2. The van der Waals surface area contributed by atoms with Crippen LogP contribution in [0.25, 0.3) is 17.5 Å². The smallest absolute Gasteiger partial charge is 0.246 e. The van der Waals surface area contributed by atoms with Gasteiger partial charge in [-0.2, -0.15) is 4.98 Å². The predicted molar refractivity (Wildman–Crippen MR) is 97.1 cm³/mol. The average molecular weight is 374 g/mol. The van der Waals surface area contributed by atoms with E-state index in [0.29, 0.717) is 21.4 Å². The summed E-state index contributed by atoms with van der Waals surface area (Å²) in [7, 11) is 0. The molecule has 0 radical (unpaired) electrons. The predicted octanol–water partition coefficient (Wildman–Crippen LogP) is 4.37. The molecule has 2 aromatic carbocycles. The molecular formula is C18H13Cl2N3O2. The first-order valence-electron chi connectivity index (χ1n) is 7.41. The minimum Gasteiger partial charge on any atom is -0.343 e. The topological polar surface area (TPSA) is 68.0 Å². The second kappa shape index (κ2) is 7.96. The van der Waals surface area contributed by atoms with Crippen molar-refractivity contribution < 1.29 is 9.32 Å². The number of rotatable bonds is 5. The molecule has 1 N–H and O–H groups in total. The van der Waals surface area contributed by atoms with E-state index in [1.165, 1.54) is 6.08 Å². The van der Waals surface area contributed by atoms with Crippen LogP contribution in [-0.4, -0.2) is 16.0 Å². The quantitative estimate of drug-likeness (QED) is 0.674. The lowest BCUT2D eigenvalue weighted by Crippen LogP contribution is -2.20. The van der Waals surface area contributed by atoms with Crippen molar-refractivity contribution in [3.05, 3.63) is 76.1 Å². The summed E-state index contributed by atoms with van der Waals surface area (Å²) < 4.78 is 5.13. The maximum atomic E-state index is 11.9. The number of hydrogen-bond donors (Lipinski definition) is 1. The maximum absolute atomic E-state index is 11.9. The van der Waals surface area contributed by atoms with Crippen LogP contribution in [0.15, 0.2) is 59.1 Å². The van der Waals surface area contributed by atoms with E-state index in [1.54, 1.807) is 24.3 Å². The molecular weight excluding hydrogens is 361 g/mol. The van der Waals surface area contributed by atoms with E-state index >= 15 is 0 Å². The molecule has 7 heteroatoms. The fourth-order valence-corrected chi connectivity index (χ4v) is 2.49. The van der Waals surface area contributed by atoms with E-state index in [9.17, 15) is 4.79 Å². The van der Waals surface area contributed by atoms with Crippen LogP contribution in [-0.2, 0) is 11.3 Å². The van der Waals surface area contributed by atoms with Crippen LogP contribution in [0.5, 0.6) is 0 Å². The van der Waals surface area contributed by atoms with Gasteiger partial charge >= 0.3 is 0 Å². The normalized spacial score (nSPS) is 11.0. The van der Waals surface area contributed by atoms with Gasteiger partial charge in [0.25, 0.3) is 0 Å². The summed E-state index contributed by atoms with van der Waals surface area (Å²) in [5, 5.41) is 7.65. The third-order valence-electron chi connectivity index (χ3n) is 3.32. The molecule has 5 nitrogen and oxygen atoms in total. The van der Waals surface area contributed by atoms with E-state index < -0.39 is 0 Å². The Bertz CT molecular complexity index is 922. The summed E-state index contributed by atoms with van der Waals surface area (Å²) >= 11 is 12.1. The number of nitrogens with one attached hydrogen (secondary N) is 1. The molecule has 0 aliphatic carbocycles.